The lowest BCUT2D eigenvalue weighted by atomic mass is 10.1. The molecule has 0 bridgehead atoms. The van der Waals surface area contributed by atoms with Crippen LogP contribution in [0.5, 0.6) is 0 Å². The van der Waals surface area contributed by atoms with Crippen LogP contribution in [0.2, 0.25) is 0 Å². The summed E-state index contributed by atoms with van der Waals surface area (Å²) in [6.45, 7) is 3.14. The van der Waals surface area contributed by atoms with Gasteiger partial charge in [-0.15, -0.1) is 11.8 Å². The van der Waals surface area contributed by atoms with E-state index in [9.17, 15) is 9.59 Å². The third-order valence-corrected chi connectivity index (χ3v) is 5.19. The van der Waals surface area contributed by atoms with Gasteiger partial charge in [-0.3, -0.25) is 9.59 Å². The summed E-state index contributed by atoms with van der Waals surface area (Å²) in [6, 6.07) is 15.4. The molecule has 5 nitrogen and oxygen atoms in total. The van der Waals surface area contributed by atoms with Crippen LogP contribution in [0.3, 0.4) is 0 Å². The minimum Gasteiger partial charge on any atom is -0.374 e. The van der Waals surface area contributed by atoms with Crippen molar-refractivity contribution >= 4 is 29.3 Å². The van der Waals surface area contributed by atoms with Gasteiger partial charge in [-0.05, 0) is 37.1 Å². The first-order valence-corrected chi connectivity index (χ1v) is 9.63. The highest BCUT2D eigenvalue weighted by Crippen LogP contribution is 2.31. The van der Waals surface area contributed by atoms with Crippen molar-refractivity contribution in [1.82, 2.24) is 5.32 Å². The lowest BCUT2D eigenvalue weighted by molar-refractivity contribution is -0.113. The molecule has 2 aromatic carbocycles. The molecule has 0 saturated carbocycles. The second-order valence-corrected chi connectivity index (χ2v) is 7.10. The molecule has 1 aliphatic rings. The van der Waals surface area contributed by atoms with E-state index >= 15 is 0 Å². The number of rotatable bonds is 7. The summed E-state index contributed by atoms with van der Waals surface area (Å²) in [5.41, 5.74) is 2.40. The molecule has 1 atom stereocenters. The first-order chi connectivity index (χ1) is 12.6. The van der Waals surface area contributed by atoms with Crippen LogP contribution in [0.1, 0.15) is 35.4 Å². The van der Waals surface area contributed by atoms with Gasteiger partial charge in [-0.1, -0.05) is 30.3 Å². The average molecular weight is 370 g/mol. The normalized spacial score (nSPS) is 14.3. The van der Waals surface area contributed by atoms with Crippen molar-refractivity contribution in [3.63, 3.8) is 0 Å². The highest BCUT2D eigenvalue weighted by atomic mass is 32.2. The highest BCUT2D eigenvalue weighted by molar-refractivity contribution is 8.00. The Labute approximate surface area is 157 Å². The number of ether oxygens (including phenoxy) is 1. The quantitative estimate of drug-likeness (QED) is 0.731. The Morgan fingerprint density at radius 1 is 1.27 bits per heavy atom. The number of carbonyl (C=O) groups is 2. The molecule has 1 unspecified atom stereocenters. The molecule has 2 amide bonds. The summed E-state index contributed by atoms with van der Waals surface area (Å²) in [5.74, 6) is 0.235. The maximum Gasteiger partial charge on any atom is 0.251 e. The number of thioether (sulfide) groups is 1. The number of benzene rings is 2. The van der Waals surface area contributed by atoms with Gasteiger partial charge in [-0.25, -0.2) is 0 Å². The van der Waals surface area contributed by atoms with Gasteiger partial charge in [0.15, 0.2) is 0 Å². The Morgan fingerprint density at radius 3 is 2.88 bits per heavy atom. The van der Waals surface area contributed by atoms with E-state index in [1.165, 1.54) is 11.8 Å². The number of fused-ring (bicyclic) bond motifs is 1. The van der Waals surface area contributed by atoms with Crippen molar-refractivity contribution in [2.45, 2.75) is 24.3 Å². The summed E-state index contributed by atoms with van der Waals surface area (Å²) in [5, 5.41) is 5.69. The monoisotopic (exact) mass is 370 g/mol. The van der Waals surface area contributed by atoms with E-state index in [4.69, 9.17) is 4.74 Å². The lowest BCUT2D eigenvalue weighted by Crippen LogP contribution is -2.26. The maximum atomic E-state index is 12.3. The second-order valence-electron chi connectivity index (χ2n) is 6.08. The molecule has 2 aromatic rings. The summed E-state index contributed by atoms with van der Waals surface area (Å²) in [4.78, 5) is 24.7. The van der Waals surface area contributed by atoms with Crippen molar-refractivity contribution in [1.29, 1.82) is 0 Å². The largest absolute Gasteiger partial charge is 0.374 e. The van der Waals surface area contributed by atoms with E-state index in [1.807, 2.05) is 43.3 Å². The van der Waals surface area contributed by atoms with E-state index in [0.29, 0.717) is 30.2 Å². The summed E-state index contributed by atoms with van der Waals surface area (Å²) >= 11 is 1.48. The van der Waals surface area contributed by atoms with Crippen molar-refractivity contribution < 1.29 is 14.3 Å². The third kappa shape index (κ3) is 4.86. The molecule has 136 valence electrons. The molecule has 0 fully saturated rings. The van der Waals surface area contributed by atoms with E-state index < -0.39 is 0 Å². The predicted octanol–water partition coefficient (Wildman–Crippen LogP) is 3.63. The van der Waals surface area contributed by atoms with Gasteiger partial charge >= 0.3 is 0 Å². The second kappa shape index (κ2) is 8.87. The topological polar surface area (TPSA) is 67.4 Å². The Balaban J connectivity index is 1.42. The SMILES string of the molecule is CC(OCCCNC(=O)c1ccc2c(c1)NC(=O)CS2)c1ccccc1. The van der Waals surface area contributed by atoms with Crippen molar-refractivity contribution in [3.05, 3.63) is 59.7 Å². The Kier molecular flexibility index (Phi) is 6.30. The third-order valence-electron chi connectivity index (χ3n) is 4.12. The van der Waals surface area contributed by atoms with Gasteiger partial charge in [0.1, 0.15) is 0 Å². The van der Waals surface area contributed by atoms with Crippen LogP contribution in [-0.4, -0.2) is 30.7 Å². The number of hydrogen-bond donors (Lipinski definition) is 2. The lowest BCUT2D eigenvalue weighted by Gasteiger charge is -2.17. The first-order valence-electron chi connectivity index (χ1n) is 8.65. The highest BCUT2D eigenvalue weighted by Gasteiger charge is 2.17. The van der Waals surface area contributed by atoms with E-state index in [2.05, 4.69) is 10.6 Å². The molecule has 6 heteroatoms. The van der Waals surface area contributed by atoms with E-state index in [-0.39, 0.29) is 17.9 Å². The molecule has 2 N–H and O–H groups in total. The van der Waals surface area contributed by atoms with Crippen LogP contribution in [0, 0.1) is 0 Å². The zero-order valence-electron chi connectivity index (χ0n) is 14.7. The summed E-state index contributed by atoms with van der Waals surface area (Å²) in [6.07, 6.45) is 0.772. The minimum atomic E-state index is -0.145. The molecule has 0 saturated heterocycles. The van der Waals surface area contributed by atoms with Crippen LogP contribution < -0.4 is 10.6 Å². The van der Waals surface area contributed by atoms with Gasteiger partial charge in [0.2, 0.25) is 5.91 Å². The molecule has 0 aliphatic carbocycles. The van der Waals surface area contributed by atoms with E-state index in [0.717, 1.165) is 16.9 Å². The van der Waals surface area contributed by atoms with Crippen LogP contribution in [0.4, 0.5) is 5.69 Å². The maximum absolute atomic E-state index is 12.3. The molecular weight excluding hydrogens is 348 g/mol. The van der Waals surface area contributed by atoms with Crippen molar-refractivity contribution in [2.75, 3.05) is 24.2 Å². The van der Waals surface area contributed by atoms with Crippen molar-refractivity contribution in [3.8, 4) is 0 Å². The molecular formula is C20H22N2O3S. The fraction of sp³-hybridized carbons (Fsp3) is 0.300. The first kappa shape index (κ1) is 18.5. The fourth-order valence-electron chi connectivity index (χ4n) is 2.68. The molecule has 1 heterocycles. The molecule has 0 spiro atoms. The van der Waals surface area contributed by atoms with Gasteiger partial charge < -0.3 is 15.4 Å². The molecule has 0 radical (unpaired) electrons. The predicted molar refractivity (Wildman–Crippen MR) is 104 cm³/mol. The molecule has 1 aliphatic heterocycles. The molecule has 0 aromatic heterocycles. The number of nitrogens with one attached hydrogen (secondary N) is 2. The standard InChI is InChI=1S/C20H22N2O3S/c1-14(15-6-3-2-4-7-15)25-11-5-10-21-20(24)16-8-9-18-17(12-16)22-19(23)13-26-18/h2-4,6-9,12,14H,5,10-11,13H2,1H3,(H,21,24)(H,22,23). The zero-order chi connectivity index (χ0) is 18.4. The van der Waals surface area contributed by atoms with Crippen LogP contribution in [0.25, 0.3) is 0 Å². The zero-order valence-corrected chi connectivity index (χ0v) is 15.5. The van der Waals surface area contributed by atoms with E-state index in [1.54, 1.807) is 12.1 Å². The smallest absolute Gasteiger partial charge is 0.251 e. The number of anilines is 1. The molecule has 26 heavy (non-hydrogen) atoms. The average Bonchev–Trinajstić information content (AvgIpc) is 2.67. The summed E-state index contributed by atoms with van der Waals surface area (Å²) in [7, 11) is 0. The fourth-order valence-corrected chi connectivity index (χ4v) is 3.47. The van der Waals surface area contributed by atoms with Crippen LogP contribution >= 0.6 is 11.8 Å². The Morgan fingerprint density at radius 2 is 2.08 bits per heavy atom. The van der Waals surface area contributed by atoms with Gasteiger partial charge in [0.25, 0.3) is 5.91 Å². The Bertz CT molecular complexity index is 780. The van der Waals surface area contributed by atoms with Crippen LogP contribution in [-0.2, 0) is 9.53 Å². The van der Waals surface area contributed by atoms with Gasteiger partial charge in [-0.2, -0.15) is 0 Å². The van der Waals surface area contributed by atoms with Crippen molar-refractivity contribution in [2.24, 2.45) is 0 Å². The van der Waals surface area contributed by atoms with Crippen LogP contribution in [0.15, 0.2) is 53.4 Å². The minimum absolute atomic E-state index is 0.0358. The Hall–Kier alpha value is -2.31. The molecule has 3 rings (SSSR count). The number of amides is 2. The number of carbonyl (C=O) groups excluding carboxylic acids is 2. The summed E-state index contributed by atoms with van der Waals surface area (Å²) < 4.78 is 5.80. The number of hydrogen-bond acceptors (Lipinski definition) is 4. The van der Waals surface area contributed by atoms with Gasteiger partial charge in [0, 0.05) is 23.6 Å². The van der Waals surface area contributed by atoms with Gasteiger partial charge in [0.05, 0.1) is 17.5 Å².